The number of benzene rings is 7. The lowest BCUT2D eigenvalue weighted by molar-refractivity contribution is 0.589. The fourth-order valence-electron chi connectivity index (χ4n) is 6.81. The lowest BCUT2D eigenvalue weighted by Crippen LogP contribution is -2.10. The van der Waals surface area contributed by atoms with Gasteiger partial charge in [0, 0.05) is 0 Å². The molecule has 0 aromatic heterocycles. The molecule has 0 aliphatic rings. The predicted octanol–water partition coefficient (Wildman–Crippen LogP) is 19.2. The van der Waals surface area contributed by atoms with Crippen molar-refractivity contribution in [3.8, 4) is 11.1 Å². The van der Waals surface area contributed by atoms with Gasteiger partial charge in [-0.05, 0) is 95.2 Å². The van der Waals surface area contributed by atoms with Crippen LogP contribution >= 0.6 is 0 Å². The smallest absolute Gasteiger partial charge is 0.0132 e. The van der Waals surface area contributed by atoms with Gasteiger partial charge >= 0.3 is 0 Å². The van der Waals surface area contributed by atoms with Crippen LogP contribution in [0.3, 0.4) is 0 Å². The average Bonchev–Trinajstić information content (AvgIpc) is 3.24. The van der Waals surface area contributed by atoms with Crippen LogP contribution in [0.15, 0.2) is 176 Å². The van der Waals surface area contributed by atoms with E-state index in [0.717, 1.165) is 0 Å². The first kappa shape index (κ1) is 53.1. The van der Waals surface area contributed by atoms with Gasteiger partial charge in [0.1, 0.15) is 0 Å². The normalized spacial score (nSPS) is 11.7. The second kappa shape index (κ2) is 23.1. The van der Waals surface area contributed by atoms with E-state index < -0.39 is 0 Å². The van der Waals surface area contributed by atoms with Gasteiger partial charge in [-0.1, -0.05) is 299 Å². The summed E-state index contributed by atoms with van der Waals surface area (Å²) in [6, 6.07) is 62.8. The Kier molecular flexibility index (Phi) is 19.2. The topological polar surface area (TPSA) is 0 Å². The number of aryl methyl sites for hydroxylation is 1. The van der Waals surface area contributed by atoms with Crippen LogP contribution in [-0.2, 0) is 27.1 Å². The van der Waals surface area contributed by atoms with Crippen molar-refractivity contribution in [2.24, 2.45) is 0 Å². The minimum absolute atomic E-state index is 0.231. The van der Waals surface area contributed by atoms with Gasteiger partial charge < -0.3 is 0 Å². The third kappa shape index (κ3) is 18.1. The zero-order chi connectivity index (χ0) is 47.9. The summed E-state index contributed by atoms with van der Waals surface area (Å²) >= 11 is 0. The molecule has 0 bridgehead atoms. The Morgan fingerprint density at radius 3 is 0.984 bits per heavy atom. The summed E-state index contributed by atoms with van der Waals surface area (Å²) in [6.45, 7) is 40.2. The molecule has 0 heterocycles. The molecule has 0 nitrogen and oxygen atoms in total. The lowest BCUT2D eigenvalue weighted by Gasteiger charge is -2.19. The van der Waals surface area contributed by atoms with E-state index in [1.54, 1.807) is 0 Å². The van der Waals surface area contributed by atoms with Gasteiger partial charge in [0.15, 0.2) is 0 Å². The zero-order valence-corrected chi connectivity index (χ0v) is 43.3. The molecule has 0 N–H and O–H groups in total. The van der Waals surface area contributed by atoms with E-state index in [9.17, 15) is 0 Å². The lowest BCUT2D eigenvalue weighted by atomic mass is 9.86. The molecule has 0 atom stereocenters. The van der Waals surface area contributed by atoms with E-state index in [-0.39, 0.29) is 21.7 Å². The van der Waals surface area contributed by atoms with Crippen molar-refractivity contribution in [1.29, 1.82) is 0 Å². The van der Waals surface area contributed by atoms with Crippen LogP contribution in [0.2, 0.25) is 0 Å². The third-order valence-corrected chi connectivity index (χ3v) is 11.5. The molecule has 7 aromatic carbocycles. The first-order valence-electron chi connectivity index (χ1n) is 23.5. The van der Waals surface area contributed by atoms with E-state index in [1.807, 2.05) is 6.07 Å². The van der Waals surface area contributed by atoms with Gasteiger partial charge in [0.05, 0.1) is 0 Å². The fraction of sp³-hybridized carbons (Fsp3) is 0.375. The molecule has 0 spiro atoms. The highest BCUT2D eigenvalue weighted by atomic mass is 14.2. The molecule has 64 heavy (non-hydrogen) atoms. The van der Waals surface area contributed by atoms with Crippen molar-refractivity contribution >= 4 is 10.8 Å². The van der Waals surface area contributed by atoms with Gasteiger partial charge in [-0.25, -0.2) is 0 Å². The van der Waals surface area contributed by atoms with E-state index in [4.69, 9.17) is 0 Å². The molecule has 0 aliphatic heterocycles. The van der Waals surface area contributed by atoms with Crippen LogP contribution < -0.4 is 0 Å². The van der Waals surface area contributed by atoms with Crippen LogP contribution in [0.5, 0.6) is 0 Å². The van der Waals surface area contributed by atoms with Crippen molar-refractivity contribution in [3.05, 3.63) is 215 Å². The first-order valence-corrected chi connectivity index (χ1v) is 23.5. The number of rotatable bonds is 2. The van der Waals surface area contributed by atoms with Crippen LogP contribution in [0.1, 0.15) is 163 Å². The molecule has 0 amide bonds. The highest BCUT2D eigenvalue weighted by Crippen LogP contribution is 2.28. The quantitative estimate of drug-likeness (QED) is 0.163. The van der Waals surface area contributed by atoms with E-state index in [2.05, 4.69) is 294 Å². The van der Waals surface area contributed by atoms with Gasteiger partial charge in [-0.3, -0.25) is 0 Å². The molecule has 0 saturated carbocycles. The molecule has 0 fully saturated rings. The number of hydrogen-bond donors (Lipinski definition) is 0. The second-order valence-corrected chi connectivity index (χ2v) is 22.8. The predicted molar refractivity (Wildman–Crippen MR) is 287 cm³/mol. The van der Waals surface area contributed by atoms with Crippen molar-refractivity contribution in [1.82, 2.24) is 0 Å². The molecule has 0 aliphatic carbocycles. The standard InChI is InChI=1S/C16H18.C14H16.C13H20.C11H16.C10H14/c1-16(2,3)15-11-9-14(10-12-15)13-7-5-4-6-8-13;1-14(2,3)13-9-8-11-6-4-5-7-12(11)10-13;1-10(2)11-6-8-12(9-7-11)13(3,4)5;1-9-5-7-10(8-6-9)11(2,3)4;1-10(2,3)9-7-5-4-6-8-9/h4-12H,1-3H3;4-10H,1-3H3;6-10H,1-5H3;5-8H,1-4H3;4-8H,1-3H3. The largest absolute Gasteiger partial charge is 0.0622 e. The summed E-state index contributed by atoms with van der Waals surface area (Å²) < 4.78 is 0. The Morgan fingerprint density at radius 2 is 0.594 bits per heavy atom. The highest BCUT2D eigenvalue weighted by Gasteiger charge is 2.16. The summed E-state index contributed by atoms with van der Waals surface area (Å²) in [5, 5.41) is 2.65. The number of hydrogen-bond acceptors (Lipinski definition) is 0. The molecule has 0 unspecified atom stereocenters. The Hall–Kier alpha value is -5.20. The Bertz CT molecular complexity index is 2360. The summed E-state index contributed by atoms with van der Waals surface area (Å²) in [5.41, 5.74) is 13.6. The molecule has 7 aromatic rings. The maximum absolute atomic E-state index is 2.29. The third-order valence-electron chi connectivity index (χ3n) is 11.5. The monoisotopic (exact) mass is 853 g/mol. The van der Waals surface area contributed by atoms with Crippen LogP contribution in [0.25, 0.3) is 21.9 Å². The molecule has 340 valence electrons. The van der Waals surface area contributed by atoms with Gasteiger partial charge in [-0.2, -0.15) is 0 Å². The van der Waals surface area contributed by atoms with Gasteiger partial charge in [-0.15, -0.1) is 0 Å². The molecular weight excluding hydrogens is 769 g/mol. The Morgan fingerprint density at radius 1 is 0.281 bits per heavy atom. The summed E-state index contributed by atoms with van der Waals surface area (Å²) in [5.74, 6) is 0.633. The first-order chi connectivity index (χ1) is 29.7. The van der Waals surface area contributed by atoms with Crippen molar-refractivity contribution in [2.75, 3.05) is 0 Å². The molecule has 0 saturated heterocycles. The van der Waals surface area contributed by atoms with Crippen LogP contribution in [-0.4, -0.2) is 0 Å². The van der Waals surface area contributed by atoms with Crippen molar-refractivity contribution in [3.63, 3.8) is 0 Å². The highest BCUT2D eigenvalue weighted by molar-refractivity contribution is 5.83. The molecular formula is C64H84. The summed E-state index contributed by atoms with van der Waals surface area (Å²) in [4.78, 5) is 0. The molecule has 7 rings (SSSR count). The summed E-state index contributed by atoms with van der Waals surface area (Å²) in [7, 11) is 0. The van der Waals surface area contributed by atoms with E-state index >= 15 is 0 Å². The van der Waals surface area contributed by atoms with Gasteiger partial charge in [0.25, 0.3) is 0 Å². The maximum Gasteiger partial charge on any atom is -0.0132 e. The average molecular weight is 853 g/mol. The Labute approximate surface area is 392 Å². The number of fused-ring (bicyclic) bond motifs is 1. The zero-order valence-electron chi connectivity index (χ0n) is 43.3. The van der Waals surface area contributed by atoms with E-state index in [0.29, 0.717) is 11.3 Å². The van der Waals surface area contributed by atoms with Crippen LogP contribution in [0, 0.1) is 6.92 Å². The SMILES string of the molecule is CC(C)(C)c1ccc(-c2ccccc2)cc1.CC(C)(C)c1ccc2ccccc2c1.CC(C)(C)c1ccccc1.CC(C)c1ccc(C(C)(C)C)cc1.Cc1ccc(C(C)(C)C)cc1. The minimum atomic E-state index is 0.231. The fourth-order valence-corrected chi connectivity index (χ4v) is 6.81. The van der Waals surface area contributed by atoms with E-state index in [1.165, 1.54) is 60.8 Å². The van der Waals surface area contributed by atoms with Crippen molar-refractivity contribution < 1.29 is 0 Å². The minimum Gasteiger partial charge on any atom is -0.0622 e. The van der Waals surface area contributed by atoms with Crippen molar-refractivity contribution in [2.45, 2.75) is 158 Å². The summed E-state index contributed by atoms with van der Waals surface area (Å²) in [6.07, 6.45) is 0. The molecule has 0 heteroatoms. The second-order valence-electron chi connectivity index (χ2n) is 22.8. The Balaban J connectivity index is 0.000000215. The maximum atomic E-state index is 2.29. The van der Waals surface area contributed by atoms with Crippen LogP contribution in [0.4, 0.5) is 0 Å². The molecule has 0 radical (unpaired) electrons. The van der Waals surface area contributed by atoms with Gasteiger partial charge in [0.2, 0.25) is 0 Å².